The first-order valence-corrected chi connectivity index (χ1v) is 9.56. The van der Waals surface area contributed by atoms with Crippen LogP contribution in [-0.2, 0) is 19.1 Å². The Hall–Kier alpha value is -1.10. The number of ether oxygens (including phenoxy) is 2. The number of unbranched alkanes of at least 4 members (excludes halogenated alkanes) is 2. The summed E-state index contributed by atoms with van der Waals surface area (Å²) in [5, 5.41) is 0. The average Bonchev–Trinajstić information content (AvgIpc) is 2.44. The smallest absolute Gasteiger partial charge is 0.323 e. The predicted octanol–water partition coefficient (Wildman–Crippen LogP) is 4.33. The van der Waals surface area contributed by atoms with E-state index >= 15 is 0 Å². The third-order valence-electron chi connectivity index (χ3n) is 3.89. The minimum Gasteiger partial charge on any atom is -0.466 e. The Labute approximate surface area is 154 Å². The summed E-state index contributed by atoms with van der Waals surface area (Å²) in [6.45, 7) is 17.2. The zero-order chi connectivity index (χ0) is 19.7. The van der Waals surface area contributed by atoms with Crippen LogP contribution in [0.4, 0.5) is 0 Å². The van der Waals surface area contributed by atoms with Gasteiger partial charge in [-0.05, 0) is 54.4 Å². The predicted molar refractivity (Wildman–Crippen MR) is 101 cm³/mol. The normalized spacial score (nSPS) is 13.6. The van der Waals surface area contributed by atoms with E-state index < -0.39 is 6.04 Å². The van der Waals surface area contributed by atoms with Gasteiger partial charge < -0.3 is 9.47 Å². The Balaban J connectivity index is 5.34. The molecule has 1 unspecified atom stereocenters. The van der Waals surface area contributed by atoms with E-state index in [9.17, 15) is 9.59 Å². The van der Waals surface area contributed by atoms with Gasteiger partial charge in [0.2, 0.25) is 0 Å². The zero-order valence-electron chi connectivity index (χ0n) is 17.6. The maximum atomic E-state index is 12.7. The summed E-state index contributed by atoms with van der Waals surface area (Å²) in [5.41, 5.74) is -0.590. The molecule has 0 aliphatic heterocycles. The van der Waals surface area contributed by atoms with Crippen molar-refractivity contribution in [1.29, 1.82) is 0 Å². The van der Waals surface area contributed by atoms with E-state index in [1.54, 1.807) is 0 Å². The van der Waals surface area contributed by atoms with Crippen LogP contribution < -0.4 is 0 Å². The molecule has 0 aromatic rings. The van der Waals surface area contributed by atoms with Crippen molar-refractivity contribution in [3.8, 4) is 0 Å². The molecule has 25 heavy (non-hydrogen) atoms. The van der Waals surface area contributed by atoms with Gasteiger partial charge in [-0.25, -0.2) is 0 Å². The highest BCUT2D eigenvalue weighted by Gasteiger charge is 2.42. The van der Waals surface area contributed by atoms with Gasteiger partial charge in [-0.15, -0.1) is 0 Å². The van der Waals surface area contributed by atoms with Crippen LogP contribution >= 0.6 is 0 Å². The van der Waals surface area contributed by atoms with E-state index in [2.05, 4.69) is 4.90 Å². The Bertz CT molecular complexity index is 393. The highest BCUT2D eigenvalue weighted by molar-refractivity contribution is 5.83. The topological polar surface area (TPSA) is 55.8 Å². The van der Waals surface area contributed by atoms with Crippen LogP contribution in [-0.4, -0.2) is 47.2 Å². The molecule has 0 bridgehead atoms. The Morgan fingerprint density at radius 3 is 1.68 bits per heavy atom. The number of hydrogen-bond donors (Lipinski definition) is 0. The minimum atomic E-state index is -0.647. The molecule has 0 aromatic carbocycles. The minimum absolute atomic E-state index is 0.0171. The van der Waals surface area contributed by atoms with Crippen LogP contribution in [0.15, 0.2) is 0 Å². The van der Waals surface area contributed by atoms with Crippen LogP contribution in [0.25, 0.3) is 0 Å². The van der Waals surface area contributed by atoms with Gasteiger partial charge in [-0.2, -0.15) is 0 Å². The highest BCUT2D eigenvalue weighted by Crippen LogP contribution is 2.30. The summed E-state index contributed by atoms with van der Waals surface area (Å²) >= 11 is 0. The number of hydrogen-bond acceptors (Lipinski definition) is 5. The van der Waals surface area contributed by atoms with Crippen LogP contribution in [0.5, 0.6) is 0 Å². The van der Waals surface area contributed by atoms with Gasteiger partial charge in [-0.3, -0.25) is 14.5 Å². The second-order valence-electron chi connectivity index (χ2n) is 8.53. The van der Waals surface area contributed by atoms with Crippen molar-refractivity contribution < 1.29 is 19.1 Å². The molecule has 0 saturated heterocycles. The summed E-state index contributed by atoms with van der Waals surface area (Å²) in [6.07, 6.45) is 3.60. The summed E-state index contributed by atoms with van der Waals surface area (Å²) in [6, 6.07) is -0.647. The molecule has 0 fully saturated rings. The van der Waals surface area contributed by atoms with Gasteiger partial charge in [-0.1, -0.05) is 26.7 Å². The number of carbonyl (C=O) groups is 2. The van der Waals surface area contributed by atoms with Gasteiger partial charge in [0, 0.05) is 11.1 Å². The second kappa shape index (κ2) is 10.8. The summed E-state index contributed by atoms with van der Waals surface area (Å²) in [7, 11) is 0. The molecule has 148 valence electrons. The summed E-state index contributed by atoms with van der Waals surface area (Å²) < 4.78 is 10.7. The first-order chi connectivity index (χ1) is 11.4. The van der Waals surface area contributed by atoms with Crippen molar-refractivity contribution in [1.82, 2.24) is 4.90 Å². The maximum absolute atomic E-state index is 12.7. The lowest BCUT2D eigenvalue weighted by molar-refractivity contribution is -0.163. The van der Waals surface area contributed by atoms with Crippen molar-refractivity contribution >= 4 is 11.9 Å². The Kier molecular flexibility index (Phi) is 10.3. The van der Waals surface area contributed by atoms with E-state index in [0.717, 1.165) is 25.7 Å². The molecule has 0 aliphatic rings. The molecule has 0 radical (unpaired) electrons. The lowest BCUT2D eigenvalue weighted by atomic mass is 9.91. The fourth-order valence-electron chi connectivity index (χ4n) is 3.18. The fourth-order valence-corrected chi connectivity index (χ4v) is 3.18. The monoisotopic (exact) mass is 357 g/mol. The molecule has 0 amide bonds. The van der Waals surface area contributed by atoms with E-state index in [1.165, 1.54) is 0 Å². The standard InChI is InChI=1S/C20H39NO4/c1-9-11-13-24-17(22)15-16(18(23)25-14-12-10-2)21(19(3,4)5)20(6,7)8/h16H,9-15H2,1-8H3. The van der Waals surface area contributed by atoms with Gasteiger partial charge in [0.1, 0.15) is 6.04 Å². The van der Waals surface area contributed by atoms with Crippen molar-refractivity contribution in [2.45, 2.75) is 105 Å². The molecule has 0 N–H and O–H groups in total. The van der Waals surface area contributed by atoms with E-state index in [4.69, 9.17) is 9.47 Å². The molecule has 0 aromatic heterocycles. The number of carbonyl (C=O) groups excluding carboxylic acids is 2. The van der Waals surface area contributed by atoms with Gasteiger partial charge in [0.15, 0.2) is 0 Å². The fraction of sp³-hybridized carbons (Fsp3) is 0.900. The molecule has 5 heteroatoms. The van der Waals surface area contributed by atoms with Crippen LogP contribution in [0.1, 0.15) is 87.5 Å². The van der Waals surface area contributed by atoms with E-state index in [0.29, 0.717) is 13.2 Å². The first kappa shape index (κ1) is 23.9. The Morgan fingerprint density at radius 2 is 1.28 bits per heavy atom. The summed E-state index contributed by atoms with van der Waals surface area (Å²) in [5.74, 6) is -0.685. The molecule has 0 heterocycles. The Morgan fingerprint density at radius 1 is 0.840 bits per heavy atom. The molecule has 5 nitrogen and oxygen atoms in total. The van der Waals surface area contributed by atoms with Crippen LogP contribution in [0.2, 0.25) is 0 Å². The average molecular weight is 358 g/mol. The first-order valence-electron chi connectivity index (χ1n) is 9.56. The van der Waals surface area contributed by atoms with Crippen molar-refractivity contribution in [2.75, 3.05) is 13.2 Å². The zero-order valence-corrected chi connectivity index (χ0v) is 17.6. The van der Waals surface area contributed by atoms with Crippen molar-refractivity contribution in [3.05, 3.63) is 0 Å². The molecule has 0 saturated carbocycles. The molecular formula is C20H39NO4. The second-order valence-corrected chi connectivity index (χ2v) is 8.53. The van der Waals surface area contributed by atoms with Crippen molar-refractivity contribution in [3.63, 3.8) is 0 Å². The van der Waals surface area contributed by atoms with Gasteiger partial charge in [0.05, 0.1) is 19.6 Å². The molecular weight excluding hydrogens is 318 g/mol. The van der Waals surface area contributed by atoms with E-state index in [1.807, 2.05) is 55.4 Å². The number of nitrogens with zero attached hydrogens (tertiary/aromatic N) is 1. The lowest BCUT2D eigenvalue weighted by Gasteiger charge is -2.48. The summed E-state index contributed by atoms with van der Waals surface area (Å²) in [4.78, 5) is 27.1. The third kappa shape index (κ3) is 9.24. The highest BCUT2D eigenvalue weighted by atomic mass is 16.5. The quantitative estimate of drug-likeness (QED) is 0.430. The maximum Gasteiger partial charge on any atom is 0.323 e. The molecule has 0 aliphatic carbocycles. The van der Waals surface area contributed by atoms with Crippen molar-refractivity contribution in [2.24, 2.45) is 0 Å². The SMILES string of the molecule is CCCCOC(=O)CC(C(=O)OCCCC)N(C(C)(C)C)C(C)(C)C. The largest absolute Gasteiger partial charge is 0.466 e. The third-order valence-corrected chi connectivity index (χ3v) is 3.89. The molecule has 0 spiro atoms. The number of esters is 2. The van der Waals surface area contributed by atoms with E-state index in [-0.39, 0.29) is 29.4 Å². The van der Waals surface area contributed by atoms with Gasteiger partial charge >= 0.3 is 11.9 Å². The lowest BCUT2D eigenvalue weighted by Crippen LogP contribution is -2.60. The van der Waals surface area contributed by atoms with Crippen LogP contribution in [0, 0.1) is 0 Å². The molecule has 0 rings (SSSR count). The molecule has 1 atom stereocenters. The van der Waals surface area contributed by atoms with Gasteiger partial charge in [0.25, 0.3) is 0 Å². The number of rotatable bonds is 10. The van der Waals surface area contributed by atoms with Crippen LogP contribution in [0.3, 0.4) is 0 Å².